The number of aryl methyl sites for hydroxylation is 1. The summed E-state index contributed by atoms with van der Waals surface area (Å²) in [6.07, 6.45) is -5.20. The number of pyridine rings is 2. The number of aliphatic hydroxyl groups excluding tert-OH is 4. The summed E-state index contributed by atoms with van der Waals surface area (Å²) in [4.78, 5) is 231. The fourth-order valence-corrected chi connectivity index (χ4v) is 14.3. The molecule has 15 amide bonds. The number of phenolic OH excluding ortho intramolecular Hbond substituents is 2. The smallest absolute Gasteiger partial charge is 0.341 e. The first-order chi connectivity index (χ1) is 60.3. The van der Waals surface area contributed by atoms with Gasteiger partial charge in [0.15, 0.2) is 23.5 Å². The number of hydrogen-bond donors (Lipinski definition) is 25. The minimum atomic E-state index is -2.25. The molecule has 0 spiro atoms. The molecule has 5 heterocycles. The summed E-state index contributed by atoms with van der Waals surface area (Å²) in [5.74, 6) is -16.2. The van der Waals surface area contributed by atoms with Gasteiger partial charge in [0.2, 0.25) is 89.1 Å². The zero-order valence-electron chi connectivity index (χ0n) is 70.3. The zero-order valence-corrected chi connectivity index (χ0v) is 70.3. The Morgan fingerprint density at radius 2 is 1.29 bits per heavy atom. The van der Waals surface area contributed by atoms with Crippen LogP contribution < -0.4 is 95.1 Å². The van der Waals surface area contributed by atoms with Crippen LogP contribution in [-0.2, 0) is 78.5 Å². The van der Waals surface area contributed by atoms with Crippen LogP contribution in [0, 0.1) is 11.2 Å². The number of carbonyl (C=O) groups excluding carboxylic acids is 15. The molecule has 0 saturated carbocycles. The molecule has 2 aromatic carbocycles. The number of anilines is 3. The molecule has 49 heteroatoms. The Balaban J connectivity index is 0.986. The second-order valence-corrected chi connectivity index (χ2v) is 30.8. The largest absolute Gasteiger partial charge is 0.504 e. The van der Waals surface area contributed by atoms with Crippen LogP contribution in [0.2, 0.25) is 0 Å². The highest BCUT2D eigenvalue weighted by Gasteiger charge is 2.43. The summed E-state index contributed by atoms with van der Waals surface area (Å²) >= 11 is 0. The van der Waals surface area contributed by atoms with Crippen molar-refractivity contribution in [3.05, 3.63) is 58.1 Å². The Morgan fingerprint density at radius 1 is 0.693 bits per heavy atom. The molecule has 3 aliphatic rings. The molecule has 26 N–H and O–H groups in total. The number of hydroxylamine groups is 4. The van der Waals surface area contributed by atoms with Gasteiger partial charge < -0.3 is 125 Å². The Hall–Kier alpha value is -13.3. The van der Waals surface area contributed by atoms with Gasteiger partial charge in [-0.05, 0) is 110 Å². The standard InChI is InChI=1S/C78H111FN22O26/c1-5-96-36-45(75(123)124)65(114)44-33-46(79)56(34-55(44)96)97-27-29-98(30-28-97)62(113)17-16-60(111)83-24-23-82-59(110)14-15-61(112)87-50-31-43-32-57(108)58(109)35-54(43)101-53(18-22-84-66(50)101)72(120)91-51(37-102)70(118)89-47(12-8-21-86-77(80)81)67(115)90-52(38-103)71(119)95-78(4,19-10-26-100(127)40-105)76(125)92-49-11-6-7-20-85-73(121)63(41(2)106)94-74(122)64(42(3)107)93-69(117)48(88-68(49)116)13-9-25-99(126)39-104/h31-36,39-42,47-49,51-53,63-64,102-103,106-107,126-127H,5-30,37-38H2,1-4H3,(H19,80,81,82,83,84,85,86,87,88,89,90,91,92,93,94,95,108,109,110,111,112,115,116,117,118,119,120,121,122,123,124,125)/p+1/t41?,42?,47-,48-,49-,51+,52+,53-,63+,64-,78-/m0/s1. The predicted molar refractivity (Wildman–Crippen MR) is 444 cm³/mol. The number of aromatic hydroxyl groups is 2. The van der Waals surface area contributed by atoms with Gasteiger partial charge >= 0.3 is 5.97 Å². The number of hydrogen-bond acceptors (Lipinski definition) is 28. The van der Waals surface area contributed by atoms with Crippen molar-refractivity contribution in [1.82, 2.24) is 83.4 Å². The molecule has 4 aromatic rings. The zero-order chi connectivity index (χ0) is 93.7. The van der Waals surface area contributed by atoms with E-state index < -0.39 is 216 Å². The van der Waals surface area contributed by atoms with Crippen molar-refractivity contribution in [2.45, 2.75) is 190 Å². The molecule has 11 atom stereocenters. The molecule has 0 bridgehead atoms. The number of aromatic nitrogens is 2. The molecular weight excluding hydrogens is 1680 g/mol. The summed E-state index contributed by atoms with van der Waals surface area (Å²) < 4.78 is 18.3. The van der Waals surface area contributed by atoms with Crippen LogP contribution in [0.15, 0.2) is 41.3 Å². The molecule has 127 heavy (non-hydrogen) atoms. The highest BCUT2D eigenvalue weighted by atomic mass is 19.1. The maximum absolute atomic E-state index is 15.5. The Kier molecular flexibility index (Phi) is 37.9. The molecule has 48 nitrogen and oxygen atoms in total. The maximum atomic E-state index is 15.5. The van der Waals surface area contributed by atoms with E-state index in [1.165, 1.54) is 39.3 Å². The third kappa shape index (κ3) is 28.4. The fourth-order valence-electron chi connectivity index (χ4n) is 14.3. The quantitative estimate of drug-likeness (QED) is 0.00287. The Bertz CT molecular complexity index is 4780. The van der Waals surface area contributed by atoms with Crippen LogP contribution >= 0.6 is 0 Å². The second-order valence-electron chi connectivity index (χ2n) is 30.8. The number of nitrogens with two attached hydrogens (primary N) is 1. The van der Waals surface area contributed by atoms with Gasteiger partial charge in [-0.3, -0.25) is 97.9 Å². The molecule has 2 saturated heterocycles. The number of amides is 15. The number of nitrogens with one attached hydrogen (secondary N) is 15. The van der Waals surface area contributed by atoms with Crippen molar-refractivity contribution in [2.75, 3.05) is 101 Å². The lowest BCUT2D eigenvalue weighted by atomic mass is 9.92. The Labute approximate surface area is 724 Å². The number of benzene rings is 2. The maximum Gasteiger partial charge on any atom is 0.341 e. The minimum Gasteiger partial charge on any atom is -0.504 e. The fraction of sp³-hybridized carbons (Fsp3) is 0.551. The lowest BCUT2D eigenvalue weighted by Gasteiger charge is -2.36. The van der Waals surface area contributed by atoms with Gasteiger partial charge in [0.25, 0.3) is 11.7 Å². The van der Waals surface area contributed by atoms with Crippen molar-refractivity contribution in [1.29, 1.82) is 5.41 Å². The van der Waals surface area contributed by atoms with E-state index >= 15 is 4.39 Å². The van der Waals surface area contributed by atoms with Crippen molar-refractivity contribution < 1.29 is 132 Å². The number of aromatic carboxylic acids is 1. The molecule has 7 rings (SSSR count). The van der Waals surface area contributed by atoms with E-state index in [-0.39, 0.29) is 198 Å². The van der Waals surface area contributed by atoms with Gasteiger partial charge in [-0.15, -0.1) is 0 Å². The monoisotopic (exact) mass is 1790 g/mol. The topological polar surface area (TPSA) is 712 Å². The third-order valence-corrected chi connectivity index (χ3v) is 21.3. The predicted octanol–water partition coefficient (Wildman–Crippen LogP) is -7.02. The SMILES string of the molecule is CCn1cc(C(=O)O)c(=O)c2cc(F)c(N3CCN(C(=O)CCC(=O)NCCNC(=O)CCC(=O)Nc4cc5cc(O)c(O)cc5[n+]5c4NCC[C@H]5C(=O)N[C@H](CO)C(=O)N[C@@H](CCCNC(=N)N)C(=O)N[C@H](CO)C(=O)N[C@@](C)(CCCN(O)C=O)C(=O)N[C@H]4CCCCNC(=O)[C@@H](C(C)O)NC(=O)[C@H](C(C)O)NC(=O)[C@H](CCCN(O)C=O)NC4=O)CC3)cc21. The molecule has 0 radical (unpaired) electrons. The molecular formula is C78H112FN22O26+. The van der Waals surface area contributed by atoms with Gasteiger partial charge in [-0.25, -0.2) is 23.9 Å². The number of rotatable bonds is 41. The van der Waals surface area contributed by atoms with E-state index in [2.05, 4.69) is 74.4 Å². The van der Waals surface area contributed by atoms with Crippen molar-refractivity contribution in [3.8, 4) is 11.5 Å². The van der Waals surface area contributed by atoms with E-state index in [4.69, 9.17) is 11.1 Å². The highest BCUT2D eigenvalue weighted by molar-refractivity contribution is 6.02. The number of carboxylic acids is 1. The highest BCUT2D eigenvalue weighted by Crippen LogP contribution is 2.36. The molecule has 0 aliphatic carbocycles. The van der Waals surface area contributed by atoms with Crippen LogP contribution in [0.3, 0.4) is 0 Å². The average molecular weight is 1790 g/mol. The number of carboxylic acid groups (broad SMARTS) is 1. The summed E-state index contributed by atoms with van der Waals surface area (Å²) in [7, 11) is 0. The molecule has 2 unspecified atom stereocenters. The van der Waals surface area contributed by atoms with Crippen molar-refractivity contribution in [3.63, 3.8) is 0 Å². The van der Waals surface area contributed by atoms with Gasteiger partial charge in [0.1, 0.15) is 70.4 Å². The first-order valence-corrected chi connectivity index (χ1v) is 41.1. The van der Waals surface area contributed by atoms with Crippen LogP contribution in [0.25, 0.3) is 21.8 Å². The minimum absolute atomic E-state index is 0.00332. The summed E-state index contributed by atoms with van der Waals surface area (Å²) in [5, 5.41) is 137. The molecule has 696 valence electrons. The van der Waals surface area contributed by atoms with E-state index in [1.807, 2.05) is 0 Å². The van der Waals surface area contributed by atoms with Gasteiger partial charge in [0.05, 0.1) is 43.2 Å². The number of carbonyl (C=O) groups is 16. The number of aliphatic hydroxyl groups is 4. The van der Waals surface area contributed by atoms with E-state index in [0.29, 0.717) is 12.1 Å². The first kappa shape index (κ1) is 101. The molecule has 2 fully saturated rings. The lowest BCUT2D eigenvalue weighted by Crippen LogP contribution is -2.65. The number of piperazine rings is 1. The number of guanidine groups is 1. The summed E-state index contributed by atoms with van der Waals surface area (Å²) in [5.41, 5.74) is 2.50. The van der Waals surface area contributed by atoms with E-state index in [0.717, 1.165) is 32.0 Å². The van der Waals surface area contributed by atoms with Crippen LogP contribution in [-0.4, -0.2) is 313 Å². The summed E-state index contributed by atoms with van der Waals surface area (Å²) in [6.45, 7) is 2.62. The molecule has 2 aromatic heterocycles. The third-order valence-electron chi connectivity index (χ3n) is 21.3. The summed E-state index contributed by atoms with van der Waals surface area (Å²) in [6, 6.07) is -7.69. The van der Waals surface area contributed by atoms with Crippen molar-refractivity contribution >= 4 is 141 Å². The first-order valence-electron chi connectivity index (χ1n) is 41.1. The van der Waals surface area contributed by atoms with Crippen molar-refractivity contribution in [2.24, 2.45) is 5.73 Å². The van der Waals surface area contributed by atoms with Gasteiger partial charge in [-0.1, -0.05) is 0 Å². The number of halogens is 1. The number of fused-ring (bicyclic) bond motifs is 4. The Morgan fingerprint density at radius 3 is 1.91 bits per heavy atom. The van der Waals surface area contributed by atoms with Crippen LogP contribution in [0.5, 0.6) is 11.5 Å². The average Bonchev–Trinajstić information content (AvgIpc) is 0.751. The van der Waals surface area contributed by atoms with Crippen LogP contribution in [0.1, 0.15) is 134 Å². The van der Waals surface area contributed by atoms with E-state index in [9.17, 15) is 128 Å². The van der Waals surface area contributed by atoms with Gasteiger partial charge in [0, 0.05) is 127 Å². The van der Waals surface area contributed by atoms with Crippen LogP contribution in [0.4, 0.5) is 21.6 Å². The normalized spacial score (nSPS) is 18.6. The van der Waals surface area contributed by atoms with E-state index in [1.54, 1.807) is 11.8 Å². The number of nitrogens with zero attached hydrogens (tertiary/aromatic N) is 6. The van der Waals surface area contributed by atoms with Gasteiger partial charge in [-0.2, -0.15) is 0 Å². The lowest BCUT2D eigenvalue weighted by molar-refractivity contribution is -0.674. The second kappa shape index (κ2) is 47.7. The molecule has 3 aliphatic heterocycles. The number of phenols is 2.